The van der Waals surface area contributed by atoms with Gasteiger partial charge in [-0.3, -0.25) is 0 Å². The highest BCUT2D eigenvalue weighted by Gasteiger charge is 2.17. The van der Waals surface area contributed by atoms with E-state index in [1.54, 1.807) is 12.1 Å². The standard InChI is InChI=1S/C13H10O5/c1-2-5-16-10-7-12-11(17-8-18-12)6-9(10)3-4-13(14)15/h1,3-4,6-7H,5,8H2,(H,14,15). The average molecular weight is 246 g/mol. The molecular weight excluding hydrogens is 236 g/mol. The minimum absolute atomic E-state index is 0.0908. The molecule has 1 aromatic rings. The molecule has 5 heteroatoms. The maximum Gasteiger partial charge on any atom is 0.328 e. The number of carboxylic acids is 1. The van der Waals surface area contributed by atoms with Crippen molar-refractivity contribution in [2.75, 3.05) is 13.4 Å². The molecule has 1 aromatic carbocycles. The first-order valence-corrected chi connectivity index (χ1v) is 5.11. The van der Waals surface area contributed by atoms with Crippen LogP contribution in [0.2, 0.25) is 0 Å². The lowest BCUT2D eigenvalue weighted by molar-refractivity contribution is -0.131. The van der Waals surface area contributed by atoms with E-state index in [0.717, 1.165) is 6.08 Å². The minimum Gasteiger partial charge on any atom is -0.480 e. The normalized spacial score (nSPS) is 12.4. The van der Waals surface area contributed by atoms with Gasteiger partial charge in [0.2, 0.25) is 6.79 Å². The Labute approximate surface area is 104 Å². The van der Waals surface area contributed by atoms with Gasteiger partial charge in [0.25, 0.3) is 0 Å². The van der Waals surface area contributed by atoms with Crippen molar-refractivity contribution in [3.8, 4) is 29.6 Å². The molecule has 0 bridgehead atoms. The maximum absolute atomic E-state index is 10.5. The largest absolute Gasteiger partial charge is 0.480 e. The summed E-state index contributed by atoms with van der Waals surface area (Å²) in [6, 6.07) is 3.27. The van der Waals surface area contributed by atoms with Crippen LogP contribution in [0, 0.1) is 12.3 Å². The molecular formula is C13H10O5. The smallest absolute Gasteiger partial charge is 0.328 e. The van der Waals surface area contributed by atoms with Gasteiger partial charge in [0.15, 0.2) is 11.5 Å². The van der Waals surface area contributed by atoms with Gasteiger partial charge in [-0.25, -0.2) is 4.79 Å². The molecule has 1 aliphatic heterocycles. The Morgan fingerprint density at radius 2 is 2.22 bits per heavy atom. The fraction of sp³-hybridized carbons (Fsp3) is 0.154. The molecule has 2 rings (SSSR count). The molecule has 0 radical (unpaired) electrons. The number of carbonyl (C=O) groups is 1. The quantitative estimate of drug-likeness (QED) is 0.644. The number of hydrogen-bond acceptors (Lipinski definition) is 4. The number of hydrogen-bond donors (Lipinski definition) is 1. The highest BCUT2D eigenvalue weighted by molar-refractivity contribution is 5.86. The van der Waals surface area contributed by atoms with Gasteiger partial charge < -0.3 is 19.3 Å². The molecule has 0 aliphatic carbocycles. The summed E-state index contributed by atoms with van der Waals surface area (Å²) in [6.07, 6.45) is 7.55. The predicted molar refractivity (Wildman–Crippen MR) is 63.6 cm³/mol. The Hall–Kier alpha value is -2.61. The minimum atomic E-state index is -1.05. The van der Waals surface area contributed by atoms with Crippen molar-refractivity contribution in [2.24, 2.45) is 0 Å². The van der Waals surface area contributed by atoms with Crippen LogP contribution in [-0.4, -0.2) is 24.5 Å². The van der Waals surface area contributed by atoms with Crippen LogP contribution in [0.1, 0.15) is 5.56 Å². The topological polar surface area (TPSA) is 65.0 Å². The van der Waals surface area contributed by atoms with Crippen molar-refractivity contribution in [2.45, 2.75) is 0 Å². The number of fused-ring (bicyclic) bond motifs is 1. The van der Waals surface area contributed by atoms with Crippen molar-refractivity contribution in [3.05, 3.63) is 23.8 Å². The van der Waals surface area contributed by atoms with Crippen molar-refractivity contribution < 1.29 is 24.1 Å². The summed E-state index contributed by atoms with van der Waals surface area (Å²) in [5.74, 6) is 2.85. The van der Waals surface area contributed by atoms with Crippen molar-refractivity contribution in [1.29, 1.82) is 0 Å². The fourth-order valence-corrected chi connectivity index (χ4v) is 1.47. The summed E-state index contributed by atoms with van der Waals surface area (Å²) < 4.78 is 15.7. The summed E-state index contributed by atoms with van der Waals surface area (Å²) >= 11 is 0. The average Bonchev–Trinajstić information content (AvgIpc) is 2.79. The van der Waals surface area contributed by atoms with Crippen molar-refractivity contribution >= 4 is 12.0 Å². The molecule has 0 saturated carbocycles. The lowest BCUT2D eigenvalue weighted by Gasteiger charge is -2.07. The highest BCUT2D eigenvalue weighted by atomic mass is 16.7. The second kappa shape index (κ2) is 5.15. The van der Waals surface area contributed by atoms with Gasteiger partial charge in [0.05, 0.1) is 0 Å². The van der Waals surface area contributed by atoms with E-state index in [1.807, 2.05) is 0 Å². The Morgan fingerprint density at radius 1 is 1.50 bits per heavy atom. The number of carboxylic acid groups (broad SMARTS) is 1. The molecule has 1 N–H and O–H groups in total. The van der Waals surface area contributed by atoms with E-state index in [2.05, 4.69) is 5.92 Å². The molecule has 0 atom stereocenters. The Morgan fingerprint density at radius 3 is 2.89 bits per heavy atom. The Balaban J connectivity index is 2.35. The van der Waals surface area contributed by atoms with E-state index in [9.17, 15) is 4.79 Å². The SMILES string of the molecule is C#CCOc1cc2c(cc1C=CC(=O)O)OCO2. The van der Waals surface area contributed by atoms with Crippen LogP contribution in [-0.2, 0) is 4.79 Å². The number of terminal acetylenes is 1. The predicted octanol–water partition coefficient (Wildman–Crippen LogP) is 1.53. The number of ether oxygens (including phenoxy) is 3. The van der Waals surface area contributed by atoms with E-state index in [0.29, 0.717) is 22.8 Å². The van der Waals surface area contributed by atoms with Crippen LogP contribution in [0.25, 0.3) is 6.08 Å². The van der Waals surface area contributed by atoms with Crippen LogP contribution >= 0.6 is 0 Å². The molecule has 1 heterocycles. The van der Waals surface area contributed by atoms with Gasteiger partial charge >= 0.3 is 5.97 Å². The third kappa shape index (κ3) is 2.55. The van der Waals surface area contributed by atoms with Gasteiger partial charge in [-0.1, -0.05) is 5.92 Å². The fourth-order valence-electron chi connectivity index (χ4n) is 1.47. The number of aliphatic carboxylic acids is 1. The van der Waals surface area contributed by atoms with Crippen molar-refractivity contribution in [3.63, 3.8) is 0 Å². The van der Waals surface area contributed by atoms with Gasteiger partial charge in [-0.05, 0) is 12.1 Å². The summed E-state index contributed by atoms with van der Waals surface area (Å²) in [5, 5.41) is 8.62. The van der Waals surface area contributed by atoms with E-state index in [1.165, 1.54) is 6.08 Å². The zero-order chi connectivity index (χ0) is 13.0. The van der Waals surface area contributed by atoms with E-state index < -0.39 is 5.97 Å². The lowest BCUT2D eigenvalue weighted by Crippen LogP contribution is -1.96. The zero-order valence-corrected chi connectivity index (χ0v) is 9.38. The second-order valence-corrected chi connectivity index (χ2v) is 3.41. The number of rotatable bonds is 4. The zero-order valence-electron chi connectivity index (χ0n) is 9.38. The van der Waals surface area contributed by atoms with Gasteiger partial charge in [0.1, 0.15) is 12.4 Å². The lowest BCUT2D eigenvalue weighted by atomic mass is 10.1. The first kappa shape index (κ1) is 11.9. The molecule has 1 aliphatic rings. The van der Waals surface area contributed by atoms with Gasteiger partial charge in [0, 0.05) is 17.7 Å². The summed E-state index contributed by atoms with van der Waals surface area (Å²) in [5.41, 5.74) is 0.567. The molecule has 92 valence electrons. The molecule has 18 heavy (non-hydrogen) atoms. The van der Waals surface area contributed by atoms with Crippen LogP contribution in [0.3, 0.4) is 0 Å². The van der Waals surface area contributed by atoms with Crippen LogP contribution in [0.15, 0.2) is 18.2 Å². The Kier molecular flexibility index (Phi) is 3.39. The van der Waals surface area contributed by atoms with E-state index in [-0.39, 0.29) is 13.4 Å². The number of benzene rings is 1. The highest BCUT2D eigenvalue weighted by Crippen LogP contribution is 2.38. The van der Waals surface area contributed by atoms with Gasteiger partial charge in [-0.15, -0.1) is 6.42 Å². The molecule has 0 unspecified atom stereocenters. The van der Waals surface area contributed by atoms with Crippen LogP contribution < -0.4 is 14.2 Å². The molecule has 0 fully saturated rings. The maximum atomic E-state index is 10.5. The molecule has 0 aromatic heterocycles. The van der Waals surface area contributed by atoms with Crippen LogP contribution in [0.4, 0.5) is 0 Å². The van der Waals surface area contributed by atoms with E-state index in [4.69, 9.17) is 25.7 Å². The first-order chi connectivity index (χ1) is 8.70. The molecule has 0 spiro atoms. The third-order valence-corrected chi connectivity index (χ3v) is 2.22. The summed E-state index contributed by atoms with van der Waals surface area (Å²) in [6.45, 7) is 0.226. The summed E-state index contributed by atoms with van der Waals surface area (Å²) in [7, 11) is 0. The molecule has 5 nitrogen and oxygen atoms in total. The third-order valence-electron chi connectivity index (χ3n) is 2.22. The van der Waals surface area contributed by atoms with Crippen LogP contribution in [0.5, 0.6) is 17.2 Å². The van der Waals surface area contributed by atoms with E-state index >= 15 is 0 Å². The monoisotopic (exact) mass is 246 g/mol. The molecule has 0 saturated heterocycles. The first-order valence-electron chi connectivity index (χ1n) is 5.11. The Bertz CT molecular complexity index is 539. The second-order valence-electron chi connectivity index (χ2n) is 3.41. The molecule has 0 amide bonds. The van der Waals surface area contributed by atoms with Gasteiger partial charge in [-0.2, -0.15) is 0 Å². The summed E-state index contributed by atoms with van der Waals surface area (Å²) in [4.78, 5) is 10.5. The van der Waals surface area contributed by atoms with Crippen molar-refractivity contribution in [1.82, 2.24) is 0 Å².